The number of carbonyl (C=O) groups is 2. The van der Waals surface area contributed by atoms with Crippen molar-refractivity contribution >= 4 is 12.0 Å². The lowest BCUT2D eigenvalue weighted by molar-refractivity contribution is -0.147. The summed E-state index contributed by atoms with van der Waals surface area (Å²) < 4.78 is 10.3. The maximum atomic E-state index is 12.5. The van der Waals surface area contributed by atoms with Gasteiger partial charge in [-0.25, -0.2) is 4.79 Å². The van der Waals surface area contributed by atoms with Crippen LogP contribution in [0.15, 0.2) is 0 Å². The van der Waals surface area contributed by atoms with E-state index in [0.29, 0.717) is 26.3 Å². The third-order valence-electron chi connectivity index (χ3n) is 3.89. The van der Waals surface area contributed by atoms with Gasteiger partial charge in [0.05, 0.1) is 13.2 Å². The highest BCUT2D eigenvalue weighted by atomic mass is 16.6. The number of morpholine rings is 1. The molecule has 2 rings (SSSR count). The molecular weight excluding hydrogens is 248 g/mol. The molecule has 19 heavy (non-hydrogen) atoms. The van der Waals surface area contributed by atoms with Crippen LogP contribution in [0.25, 0.3) is 0 Å². The van der Waals surface area contributed by atoms with Crippen LogP contribution in [0.5, 0.6) is 0 Å². The van der Waals surface area contributed by atoms with E-state index in [4.69, 9.17) is 15.2 Å². The van der Waals surface area contributed by atoms with Crippen LogP contribution in [0.2, 0.25) is 0 Å². The molecule has 2 amide bonds. The minimum atomic E-state index is -0.864. The SMILES string of the molecule is NC(=O)O[C@H](C(=O)N1CCOCC1)C1CCCCC1. The Morgan fingerprint density at radius 3 is 2.37 bits per heavy atom. The first kappa shape index (κ1) is 14.1. The summed E-state index contributed by atoms with van der Waals surface area (Å²) in [5.41, 5.74) is 5.11. The molecule has 6 nitrogen and oxygen atoms in total. The number of hydrogen-bond donors (Lipinski definition) is 1. The first-order valence-electron chi connectivity index (χ1n) is 7.01. The highest BCUT2D eigenvalue weighted by Crippen LogP contribution is 2.29. The zero-order valence-corrected chi connectivity index (χ0v) is 11.2. The van der Waals surface area contributed by atoms with Crippen LogP contribution in [0.3, 0.4) is 0 Å². The Labute approximate surface area is 113 Å². The zero-order valence-electron chi connectivity index (χ0n) is 11.2. The Hall–Kier alpha value is -1.30. The van der Waals surface area contributed by atoms with Crippen LogP contribution < -0.4 is 5.73 Å². The maximum absolute atomic E-state index is 12.5. The first-order valence-corrected chi connectivity index (χ1v) is 7.01. The van der Waals surface area contributed by atoms with Crippen molar-refractivity contribution in [3.05, 3.63) is 0 Å². The van der Waals surface area contributed by atoms with Gasteiger partial charge in [-0.15, -0.1) is 0 Å². The van der Waals surface area contributed by atoms with Crippen molar-refractivity contribution in [2.24, 2.45) is 11.7 Å². The van der Waals surface area contributed by atoms with Crippen molar-refractivity contribution < 1.29 is 19.1 Å². The lowest BCUT2D eigenvalue weighted by Gasteiger charge is -2.34. The van der Waals surface area contributed by atoms with Gasteiger partial charge in [0.25, 0.3) is 5.91 Å². The second kappa shape index (κ2) is 6.75. The number of nitrogens with zero attached hydrogens (tertiary/aromatic N) is 1. The lowest BCUT2D eigenvalue weighted by atomic mass is 9.84. The van der Waals surface area contributed by atoms with Gasteiger partial charge in [0.15, 0.2) is 6.10 Å². The fraction of sp³-hybridized carbons (Fsp3) is 0.846. The minimum Gasteiger partial charge on any atom is -0.436 e. The second-order valence-corrected chi connectivity index (χ2v) is 5.19. The van der Waals surface area contributed by atoms with Gasteiger partial charge in [0, 0.05) is 19.0 Å². The zero-order chi connectivity index (χ0) is 13.7. The molecule has 0 bridgehead atoms. The average molecular weight is 270 g/mol. The van der Waals surface area contributed by atoms with Crippen LogP contribution in [0.1, 0.15) is 32.1 Å². The molecule has 0 radical (unpaired) electrons. The molecule has 1 heterocycles. The topological polar surface area (TPSA) is 81.9 Å². The maximum Gasteiger partial charge on any atom is 0.405 e. The van der Waals surface area contributed by atoms with Crippen LogP contribution in [0, 0.1) is 5.92 Å². The molecule has 0 aromatic heterocycles. The highest BCUT2D eigenvalue weighted by molar-refractivity contribution is 5.83. The van der Waals surface area contributed by atoms with E-state index in [1.807, 2.05) is 0 Å². The fourth-order valence-corrected chi connectivity index (χ4v) is 2.87. The van der Waals surface area contributed by atoms with Gasteiger partial charge in [0.1, 0.15) is 0 Å². The minimum absolute atomic E-state index is 0.108. The van der Waals surface area contributed by atoms with Gasteiger partial charge in [-0.1, -0.05) is 19.3 Å². The van der Waals surface area contributed by atoms with Crippen LogP contribution >= 0.6 is 0 Å². The molecule has 1 aliphatic carbocycles. The van der Waals surface area contributed by atoms with Crippen LogP contribution in [-0.4, -0.2) is 49.3 Å². The predicted molar refractivity (Wildman–Crippen MR) is 68.4 cm³/mol. The Kier molecular flexibility index (Phi) is 5.01. The van der Waals surface area contributed by atoms with E-state index < -0.39 is 12.2 Å². The van der Waals surface area contributed by atoms with E-state index >= 15 is 0 Å². The molecule has 0 aromatic rings. The number of nitrogens with two attached hydrogens (primary N) is 1. The molecule has 1 atom stereocenters. The molecule has 2 fully saturated rings. The number of ether oxygens (including phenoxy) is 2. The third kappa shape index (κ3) is 3.83. The largest absolute Gasteiger partial charge is 0.436 e. The van der Waals surface area contributed by atoms with Crippen molar-refractivity contribution in [2.45, 2.75) is 38.2 Å². The third-order valence-corrected chi connectivity index (χ3v) is 3.89. The lowest BCUT2D eigenvalue weighted by Crippen LogP contribution is -2.50. The van der Waals surface area contributed by atoms with Crippen LogP contribution in [0.4, 0.5) is 4.79 Å². The smallest absolute Gasteiger partial charge is 0.405 e. The molecule has 108 valence electrons. The van der Waals surface area contributed by atoms with Crippen molar-refractivity contribution in [2.75, 3.05) is 26.3 Å². The van der Waals surface area contributed by atoms with E-state index in [-0.39, 0.29) is 11.8 Å². The monoisotopic (exact) mass is 270 g/mol. The van der Waals surface area contributed by atoms with Crippen molar-refractivity contribution in [3.63, 3.8) is 0 Å². The Morgan fingerprint density at radius 1 is 1.16 bits per heavy atom. The molecule has 0 spiro atoms. The summed E-state index contributed by atoms with van der Waals surface area (Å²) in [6.45, 7) is 2.20. The molecule has 0 aromatic carbocycles. The summed E-state index contributed by atoms with van der Waals surface area (Å²) in [4.78, 5) is 25.2. The molecule has 1 saturated heterocycles. The standard InChI is InChI=1S/C13H22N2O4/c14-13(17)19-11(10-4-2-1-3-5-10)12(16)15-6-8-18-9-7-15/h10-11H,1-9H2,(H2,14,17)/t11-/m0/s1. The molecule has 2 aliphatic rings. The molecule has 0 unspecified atom stereocenters. The van der Waals surface area contributed by atoms with Crippen molar-refractivity contribution in [3.8, 4) is 0 Å². The van der Waals surface area contributed by atoms with Gasteiger partial charge in [-0.3, -0.25) is 4.79 Å². The summed E-state index contributed by atoms with van der Waals surface area (Å²) in [7, 11) is 0. The first-order chi connectivity index (χ1) is 9.18. The average Bonchev–Trinajstić information content (AvgIpc) is 2.46. The summed E-state index contributed by atoms with van der Waals surface area (Å²) in [6.07, 6.45) is 3.63. The van der Waals surface area contributed by atoms with E-state index in [2.05, 4.69) is 0 Å². The molecule has 6 heteroatoms. The second-order valence-electron chi connectivity index (χ2n) is 5.19. The number of primary amides is 1. The van der Waals surface area contributed by atoms with E-state index in [1.54, 1.807) is 4.90 Å². The summed E-state index contributed by atoms with van der Waals surface area (Å²) >= 11 is 0. The van der Waals surface area contributed by atoms with Gasteiger partial charge in [-0.05, 0) is 12.8 Å². The summed E-state index contributed by atoms with van der Waals surface area (Å²) in [5, 5.41) is 0. The van der Waals surface area contributed by atoms with Gasteiger partial charge >= 0.3 is 6.09 Å². The van der Waals surface area contributed by atoms with E-state index in [1.165, 1.54) is 6.42 Å². The van der Waals surface area contributed by atoms with Gasteiger partial charge in [0.2, 0.25) is 0 Å². The number of carbonyl (C=O) groups excluding carboxylic acids is 2. The van der Waals surface area contributed by atoms with Crippen LogP contribution in [-0.2, 0) is 14.3 Å². The number of rotatable bonds is 3. The van der Waals surface area contributed by atoms with Crippen molar-refractivity contribution in [1.82, 2.24) is 4.90 Å². The van der Waals surface area contributed by atoms with Gasteiger partial charge < -0.3 is 20.1 Å². The predicted octanol–water partition coefficient (Wildman–Crippen LogP) is 0.889. The number of amides is 2. The van der Waals surface area contributed by atoms with E-state index in [9.17, 15) is 9.59 Å². The Morgan fingerprint density at radius 2 is 1.79 bits per heavy atom. The highest BCUT2D eigenvalue weighted by Gasteiger charge is 2.35. The quantitative estimate of drug-likeness (QED) is 0.825. The molecule has 2 N–H and O–H groups in total. The summed E-state index contributed by atoms with van der Waals surface area (Å²) in [5.74, 6) is -0.00871. The van der Waals surface area contributed by atoms with Gasteiger partial charge in [-0.2, -0.15) is 0 Å². The normalized spacial score (nSPS) is 22.8. The van der Waals surface area contributed by atoms with Crippen molar-refractivity contribution in [1.29, 1.82) is 0 Å². The molecular formula is C13H22N2O4. The number of hydrogen-bond acceptors (Lipinski definition) is 4. The Balaban J connectivity index is 2.02. The Bertz CT molecular complexity index is 323. The van der Waals surface area contributed by atoms with E-state index in [0.717, 1.165) is 25.7 Å². The fourth-order valence-electron chi connectivity index (χ4n) is 2.87. The molecule has 1 saturated carbocycles. The summed E-state index contributed by atoms with van der Waals surface area (Å²) in [6, 6.07) is 0. The molecule has 1 aliphatic heterocycles.